The molecule has 2 amide bonds. The highest BCUT2D eigenvalue weighted by Gasteiger charge is 2.40. The van der Waals surface area contributed by atoms with E-state index >= 15 is 0 Å². The van der Waals surface area contributed by atoms with Gasteiger partial charge in [0.15, 0.2) is 0 Å². The molecule has 3 aliphatic rings. The minimum Gasteiger partial charge on any atom is -0.341 e. The monoisotopic (exact) mass is 475 g/mol. The van der Waals surface area contributed by atoms with Crippen molar-refractivity contribution in [2.24, 2.45) is 0 Å². The molecule has 2 fully saturated rings. The van der Waals surface area contributed by atoms with Crippen molar-refractivity contribution >= 4 is 17.5 Å². The van der Waals surface area contributed by atoms with Crippen molar-refractivity contribution in [3.8, 4) is 0 Å². The number of carbonyl (C=O) groups is 2. The molecule has 0 unspecified atom stereocenters. The summed E-state index contributed by atoms with van der Waals surface area (Å²) < 4.78 is 0. The fraction of sp³-hybridized carbons (Fsp3) is 0.536. The number of carbonyl (C=O) groups excluding carboxylic acids is 2. The number of aromatic nitrogens is 1. The van der Waals surface area contributed by atoms with Crippen LogP contribution in [0.4, 0.5) is 5.69 Å². The average Bonchev–Trinajstić information content (AvgIpc) is 3.35. The molecule has 4 heterocycles. The van der Waals surface area contributed by atoms with E-state index in [-0.39, 0.29) is 23.3 Å². The Balaban J connectivity index is 1.34. The second-order valence-electron chi connectivity index (χ2n) is 11.1. The van der Waals surface area contributed by atoms with E-state index in [9.17, 15) is 9.59 Å². The number of fused-ring (bicyclic) bond motifs is 1. The summed E-state index contributed by atoms with van der Waals surface area (Å²) in [7, 11) is 0. The summed E-state index contributed by atoms with van der Waals surface area (Å²) in [5, 5.41) is 3.54. The predicted molar refractivity (Wildman–Crippen MR) is 138 cm³/mol. The maximum Gasteiger partial charge on any atom is 0.241 e. The predicted octanol–water partition coefficient (Wildman–Crippen LogP) is 2.58. The van der Waals surface area contributed by atoms with Crippen LogP contribution < -0.4 is 10.2 Å². The first-order valence-corrected chi connectivity index (χ1v) is 12.9. The van der Waals surface area contributed by atoms with Crippen LogP contribution in [0.15, 0.2) is 42.6 Å². The summed E-state index contributed by atoms with van der Waals surface area (Å²) in [6.07, 6.45) is 4.30. The Hall–Kier alpha value is -2.77. The highest BCUT2D eigenvalue weighted by atomic mass is 16.2. The quantitative estimate of drug-likeness (QED) is 0.696. The number of hydrogen-bond acceptors (Lipinski definition) is 5. The number of piperazine rings is 1. The molecule has 0 spiro atoms. The normalized spacial score (nSPS) is 24.1. The molecule has 1 aromatic heterocycles. The number of hydrogen-bond donors (Lipinski definition) is 1. The summed E-state index contributed by atoms with van der Waals surface area (Å²) in [5.74, 6) is 0.365. The van der Waals surface area contributed by atoms with E-state index in [1.165, 1.54) is 5.56 Å². The van der Waals surface area contributed by atoms with Crippen molar-refractivity contribution in [2.75, 3.05) is 44.2 Å². The van der Waals surface area contributed by atoms with Gasteiger partial charge < -0.3 is 15.1 Å². The van der Waals surface area contributed by atoms with Crippen molar-refractivity contribution in [1.82, 2.24) is 20.1 Å². The third kappa shape index (κ3) is 5.11. The molecule has 2 saturated heterocycles. The molecule has 3 aliphatic heterocycles. The molecule has 7 nitrogen and oxygen atoms in total. The van der Waals surface area contributed by atoms with Crippen LogP contribution in [0.5, 0.6) is 0 Å². The lowest BCUT2D eigenvalue weighted by atomic mass is 9.88. The zero-order valence-electron chi connectivity index (χ0n) is 21.2. The van der Waals surface area contributed by atoms with Gasteiger partial charge in [-0.15, -0.1) is 0 Å². The van der Waals surface area contributed by atoms with Crippen molar-refractivity contribution in [3.05, 3.63) is 59.4 Å². The third-order valence-corrected chi connectivity index (χ3v) is 7.71. The van der Waals surface area contributed by atoms with Gasteiger partial charge in [0.05, 0.1) is 12.2 Å². The van der Waals surface area contributed by atoms with Crippen LogP contribution >= 0.6 is 0 Å². The molecule has 1 N–H and O–H groups in total. The summed E-state index contributed by atoms with van der Waals surface area (Å²) in [6.45, 7) is 10.7. The lowest BCUT2D eigenvalue weighted by Crippen LogP contribution is -2.60. The van der Waals surface area contributed by atoms with E-state index in [2.05, 4.69) is 49.2 Å². The van der Waals surface area contributed by atoms with Crippen LogP contribution in [0.1, 0.15) is 50.4 Å². The molecule has 1 aromatic carbocycles. The Morgan fingerprint density at radius 2 is 2.03 bits per heavy atom. The first-order chi connectivity index (χ1) is 16.8. The standard InChI is InChI=1S/C28H37N5O2/c1-20-16-32(23(14-29-20)17-31-11-7-10-26(31)34)18-27(35)33-19-28(2,3)24-15-30-22(13-25(24)33)12-21-8-5-4-6-9-21/h4-6,8-9,13,15,20,23,29H,7,10-12,14,16-19H2,1-3H3/t20-,23-/m1/s1. The lowest BCUT2D eigenvalue weighted by molar-refractivity contribution is -0.128. The third-order valence-electron chi connectivity index (χ3n) is 7.71. The van der Waals surface area contributed by atoms with Gasteiger partial charge >= 0.3 is 0 Å². The minimum absolute atomic E-state index is 0.125. The fourth-order valence-corrected chi connectivity index (χ4v) is 5.74. The van der Waals surface area contributed by atoms with Gasteiger partial charge in [-0.3, -0.25) is 19.5 Å². The van der Waals surface area contributed by atoms with E-state index in [1.807, 2.05) is 34.2 Å². The molecular weight excluding hydrogens is 438 g/mol. The maximum absolute atomic E-state index is 13.8. The Bertz CT molecular complexity index is 1090. The largest absolute Gasteiger partial charge is 0.341 e. The number of benzene rings is 1. The van der Waals surface area contributed by atoms with Gasteiger partial charge in [0.1, 0.15) is 0 Å². The van der Waals surface area contributed by atoms with Gasteiger partial charge in [-0.2, -0.15) is 0 Å². The molecule has 0 radical (unpaired) electrons. The van der Waals surface area contributed by atoms with Crippen LogP contribution in [0, 0.1) is 0 Å². The molecule has 5 rings (SSSR count). The molecule has 0 saturated carbocycles. The lowest BCUT2D eigenvalue weighted by Gasteiger charge is -2.41. The Labute approximate surface area is 208 Å². The molecular formula is C28H37N5O2. The zero-order valence-corrected chi connectivity index (χ0v) is 21.2. The first kappa shape index (κ1) is 23.9. The number of pyridine rings is 1. The van der Waals surface area contributed by atoms with Gasteiger partial charge in [-0.1, -0.05) is 44.2 Å². The highest BCUT2D eigenvalue weighted by Crippen LogP contribution is 2.40. The number of rotatable bonds is 6. The van der Waals surface area contributed by atoms with Crippen molar-refractivity contribution < 1.29 is 9.59 Å². The summed E-state index contributed by atoms with van der Waals surface area (Å²) in [5.41, 5.74) is 4.18. The van der Waals surface area contributed by atoms with Crippen LogP contribution in [-0.2, 0) is 21.4 Å². The molecule has 0 aliphatic carbocycles. The van der Waals surface area contributed by atoms with Crippen LogP contribution in [0.3, 0.4) is 0 Å². The van der Waals surface area contributed by atoms with E-state index in [1.54, 1.807) is 0 Å². The molecule has 35 heavy (non-hydrogen) atoms. The number of anilines is 1. The Kier molecular flexibility index (Phi) is 6.64. The van der Waals surface area contributed by atoms with Crippen LogP contribution in [-0.4, -0.2) is 78.0 Å². The smallest absolute Gasteiger partial charge is 0.241 e. The van der Waals surface area contributed by atoms with Crippen molar-refractivity contribution in [2.45, 2.75) is 57.5 Å². The second kappa shape index (κ2) is 9.70. The maximum atomic E-state index is 13.8. The number of amides is 2. The van der Waals surface area contributed by atoms with E-state index < -0.39 is 0 Å². The van der Waals surface area contributed by atoms with Gasteiger partial charge in [0.25, 0.3) is 0 Å². The van der Waals surface area contributed by atoms with E-state index in [4.69, 9.17) is 4.98 Å². The highest BCUT2D eigenvalue weighted by molar-refractivity contribution is 5.97. The zero-order chi connectivity index (χ0) is 24.6. The summed E-state index contributed by atoms with van der Waals surface area (Å²) in [6, 6.07) is 12.9. The summed E-state index contributed by atoms with van der Waals surface area (Å²) in [4.78, 5) is 36.9. The average molecular weight is 476 g/mol. The Morgan fingerprint density at radius 1 is 1.23 bits per heavy atom. The van der Waals surface area contributed by atoms with Crippen LogP contribution in [0.2, 0.25) is 0 Å². The number of nitrogens with zero attached hydrogens (tertiary/aromatic N) is 4. The van der Waals surface area contributed by atoms with Gasteiger partial charge in [-0.05, 0) is 25.0 Å². The molecule has 2 aromatic rings. The number of nitrogens with one attached hydrogen (secondary N) is 1. The fourth-order valence-electron chi connectivity index (χ4n) is 5.74. The van der Waals surface area contributed by atoms with Gasteiger partial charge in [-0.25, -0.2) is 0 Å². The first-order valence-electron chi connectivity index (χ1n) is 12.9. The van der Waals surface area contributed by atoms with E-state index in [0.29, 0.717) is 32.1 Å². The van der Waals surface area contributed by atoms with Gasteiger partial charge in [0, 0.05) is 80.5 Å². The molecule has 0 bridgehead atoms. The summed E-state index contributed by atoms with van der Waals surface area (Å²) >= 11 is 0. The number of likely N-dealkylation sites (tertiary alicyclic amines) is 1. The van der Waals surface area contributed by atoms with Crippen molar-refractivity contribution in [1.29, 1.82) is 0 Å². The molecule has 2 atom stereocenters. The van der Waals surface area contributed by atoms with Crippen molar-refractivity contribution in [3.63, 3.8) is 0 Å². The SMILES string of the molecule is C[C@@H]1CN(CC(=O)N2CC(C)(C)c3cnc(Cc4ccccc4)cc32)[C@@H](CN2CCCC2=O)CN1. The second-order valence-corrected chi connectivity index (χ2v) is 11.1. The van der Waals surface area contributed by atoms with E-state index in [0.717, 1.165) is 49.4 Å². The van der Waals surface area contributed by atoms with Gasteiger partial charge in [0.2, 0.25) is 11.8 Å². The molecule has 7 heteroatoms. The van der Waals surface area contributed by atoms with Crippen LogP contribution in [0.25, 0.3) is 0 Å². The topological polar surface area (TPSA) is 68.8 Å². The minimum atomic E-state index is -0.138. The Morgan fingerprint density at radius 3 is 2.77 bits per heavy atom. The molecule has 186 valence electrons.